The second-order valence-corrected chi connectivity index (χ2v) is 9.04. The van der Waals surface area contributed by atoms with Crippen LogP contribution in [0.4, 0.5) is 0 Å². The van der Waals surface area contributed by atoms with Crippen molar-refractivity contribution in [3.63, 3.8) is 0 Å². The molecule has 0 bridgehead atoms. The van der Waals surface area contributed by atoms with E-state index in [2.05, 4.69) is 64.1 Å². The topological polar surface area (TPSA) is 23.8 Å². The van der Waals surface area contributed by atoms with Crippen molar-refractivity contribution < 1.29 is 0 Å². The molecule has 2 aliphatic rings. The summed E-state index contributed by atoms with van der Waals surface area (Å²) in [6.45, 7) is 9.56. The number of hydrogen-bond donors (Lipinski definition) is 0. The maximum Gasteiger partial charge on any atom is 0.0624 e. The number of fused-ring (bicyclic) bond motifs is 3. The van der Waals surface area contributed by atoms with Crippen molar-refractivity contribution in [1.82, 2.24) is 0 Å². The number of allylic oxidation sites excluding steroid dienone is 2. The highest BCUT2D eigenvalue weighted by atomic mass is 14.5. The van der Waals surface area contributed by atoms with Crippen molar-refractivity contribution in [2.45, 2.75) is 84.0 Å². The SMILES string of the molecule is CC(C)c1ccc2c(c1)CCC1[C@@](C)(C=CCCC#N)CCC[C@]21C. The van der Waals surface area contributed by atoms with Gasteiger partial charge in [-0.05, 0) is 71.5 Å². The minimum absolute atomic E-state index is 0.275. The summed E-state index contributed by atoms with van der Waals surface area (Å²) < 4.78 is 0. The lowest BCUT2D eigenvalue weighted by molar-refractivity contribution is 0.0629. The largest absolute Gasteiger partial charge is 0.198 e. The highest BCUT2D eigenvalue weighted by molar-refractivity contribution is 5.42. The average molecular weight is 336 g/mol. The maximum atomic E-state index is 8.78. The summed E-state index contributed by atoms with van der Waals surface area (Å²) >= 11 is 0. The molecule has 25 heavy (non-hydrogen) atoms. The van der Waals surface area contributed by atoms with E-state index in [-0.39, 0.29) is 5.41 Å². The highest BCUT2D eigenvalue weighted by Crippen LogP contribution is 2.57. The van der Waals surface area contributed by atoms with E-state index in [4.69, 9.17) is 5.26 Å². The van der Waals surface area contributed by atoms with E-state index in [1.807, 2.05) is 0 Å². The molecule has 2 aliphatic carbocycles. The summed E-state index contributed by atoms with van der Waals surface area (Å²) in [5.74, 6) is 1.32. The molecule has 1 aromatic carbocycles. The van der Waals surface area contributed by atoms with Crippen LogP contribution in [-0.2, 0) is 11.8 Å². The first-order valence-electron chi connectivity index (χ1n) is 10.1. The molecule has 0 N–H and O–H groups in total. The quantitative estimate of drug-likeness (QED) is 0.444. The van der Waals surface area contributed by atoms with Gasteiger partial charge in [0.05, 0.1) is 6.07 Å². The zero-order chi connectivity index (χ0) is 18.1. The number of unbranched alkanes of at least 4 members (excludes halogenated alkanes) is 1. The van der Waals surface area contributed by atoms with Gasteiger partial charge in [-0.15, -0.1) is 0 Å². The summed E-state index contributed by atoms with van der Waals surface area (Å²) in [4.78, 5) is 0. The van der Waals surface area contributed by atoms with E-state index in [0.717, 1.165) is 6.42 Å². The second-order valence-electron chi connectivity index (χ2n) is 9.04. The van der Waals surface area contributed by atoms with Crippen molar-refractivity contribution in [1.29, 1.82) is 5.26 Å². The predicted octanol–water partition coefficient (Wildman–Crippen LogP) is 6.68. The summed E-state index contributed by atoms with van der Waals surface area (Å²) in [6.07, 6.45) is 12.7. The van der Waals surface area contributed by atoms with Crippen molar-refractivity contribution in [2.75, 3.05) is 0 Å². The van der Waals surface area contributed by atoms with Crippen LogP contribution in [0.5, 0.6) is 0 Å². The zero-order valence-corrected chi connectivity index (χ0v) is 16.4. The van der Waals surface area contributed by atoms with Crippen LogP contribution in [0.15, 0.2) is 30.4 Å². The van der Waals surface area contributed by atoms with E-state index < -0.39 is 0 Å². The van der Waals surface area contributed by atoms with Crippen LogP contribution in [0.25, 0.3) is 0 Å². The molecule has 1 fully saturated rings. The molecule has 0 heterocycles. The average Bonchev–Trinajstić information content (AvgIpc) is 2.58. The molecule has 0 aliphatic heterocycles. The summed E-state index contributed by atoms with van der Waals surface area (Å²) in [7, 11) is 0. The van der Waals surface area contributed by atoms with Crippen LogP contribution in [0.3, 0.4) is 0 Å². The molecule has 0 amide bonds. The van der Waals surface area contributed by atoms with Gasteiger partial charge in [0.2, 0.25) is 0 Å². The van der Waals surface area contributed by atoms with Crippen LogP contribution in [0.2, 0.25) is 0 Å². The van der Waals surface area contributed by atoms with Gasteiger partial charge >= 0.3 is 0 Å². The lowest BCUT2D eigenvalue weighted by Crippen LogP contribution is -2.48. The van der Waals surface area contributed by atoms with E-state index in [0.29, 0.717) is 23.7 Å². The Morgan fingerprint density at radius 1 is 1.28 bits per heavy atom. The third kappa shape index (κ3) is 3.29. The smallest absolute Gasteiger partial charge is 0.0624 e. The van der Waals surface area contributed by atoms with Gasteiger partial charge in [-0.25, -0.2) is 0 Å². The maximum absolute atomic E-state index is 8.78. The standard InChI is InChI=1S/C24H33N/c1-18(2)19-9-11-21-20(17-19)10-12-22-23(3,13-6-5-7-16-25)14-8-15-24(21,22)4/h6,9,11,13,17-18,22H,5,7-8,10,12,14-15H2,1-4H3/t22?,23-,24+/m0/s1. The minimum atomic E-state index is 0.275. The Hall–Kier alpha value is -1.55. The number of nitriles is 1. The Bertz CT molecular complexity index is 693. The first-order valence-corrected chi connectivity index (χ1v) is 10.1. The van der Waals surface area contributed by atoms with Crippen LogP contribution in [-0.4, -0.2) is 0 Å². The summed E-state index contributed by atoms with van der Waals surface area (Å²) in [5.41, 5.74) is 5.27. The van der Waals surface area contributed by atoms with Crippen molar-refractivity contribution in [3.05, 3.63) is 47.0 Å². The first-order chi connectivity index (χ1) is 11.9. The first kappa shape index (κ1) is 18.2. The van der Waals surface area contributed by atoms with E-state index in [1.165, 1.54) is 37.7 Å². The number of hydrogen-bond acceptors (Lipinski definition) is 1. The molecule has 0 spiro atoms. The second kappa shape index (κ2) is 6.99. The fourth-order valence-electron chi connectivity index (χ4n) is 5.62. The van der Waals surface area contributed by atoms with Gasteiger partial charge in [-0.2, -0.15) is 5.26 Å². The predicted molar refractivity (Wildman–Crippen MR) is 106 cm³/mol. The monoisotopic (exact) mass is 335 g/mol. The van der Waals surface area contributed by atoms with E-state index in [9.17, 15) is 0 Å². The van der Waals surface area contributed by atoms with Crippen LogP contribution < -0.4 is 0 Å². The van der Waals surface area contributed by atoms with Crippen LogP contribution >= 0.6 is 0 Å². The fourth-order valence-corrected chi connectivity index (χ4v) is 5.62. The van der Waals surface area contributed by atoms with Gasteiger partial charge in [0, 0.05) is 6.42 Å². The summed E-state index contributed by atoms with van der Waals surface area (Å²) in [6, 6.07) is 9.55. The number of nitrogens with zero attached hydrogens (tertiary/aromatic N) is 1. The Morgan fingerprint density at radius 2 is 2.08 bits per heavy atom. The van der Waals surface area contributed by atoms with Crippen molar-refractivity contribution >= 4 is 0 Å². The third-order valence-electron chi connectivity index (χ3n) is 7.01. The lowest BCUT2D eigenvalue weighted by atomic mass is 9.49. The van der Waals surface area contributed by atoms with Crippen LogP contribution in [0.1, 0.15) is 88.8 Å². The Kier molecular flexibility index (Phi) is 5.10. The molecular weight excluding hydrogens is 302 g/mol. The molecule has 3 rings (SSSR count). The minimum Gasteiger partial charge on any atom is -0.198 e. The van der Waals surface area contributed by atoms with Gasteiger partial charge in [0.1, 0.15) is 0 Å². The zero-order valence-electron chi connectivity index (χ0n) is 16.4. The number of aryl methyl sites for hydroxylation is 1. The molecular formula is C24H33N. The van der Waals surface area contributed by atoms with Crippen molar-refractivity contribution in [3.8, 4) is 6.07 Å². The van der Waals surface area contributed by atoms with Gasteiger partial charge in [-0.3, -0.25) is 0 Å². The van der Waals surface area contributed by atoms with E-state index >= 15 is 0 Å². The molecule has 0 saturated heterocycles. The number of rotatable bonds is 4. The molecule has 1 saturated carbocycles. The van der Waals surface area contributed by atoms with Crippen molar-refractivity contribution in [2.24, 2.45) is 11.3 Å². The fraction of sp³-hybridized carbons (Fsp3) is 0.625. The Balaban J connectivity index is 1.93. The lowest BCUT2D eigenvalue weighted by Gasteiger charge is -2.54. The van der Waals surface area contributed by atoms with Crippen LogP contribution in [0, 0.1) is 22.7 Å². The van der Waals surface area contributed by atoms with E-state index in [1.54, 1.807) is 11.1 Å². The van der Waals surface area contributed by atoms with Gasteiger partial charge < -0.3 is 0 Å². The highest BCUT2D eigenvalue weighted by Gasteiger charge is 2.50. The normalized spacial score (nSPS) is 31.6. The molecule has 0 aromatic heterocycles. The molecule has 1 aromatic rings. The molecule has 1 heteroatoms. The Morgan fingerprint density at radius 3 is 2.80 bits per heavy atom. The third-order valence-corrected chi connectivity index (χ3v) is 7.01. The molecule has 3 atom stereocenters. The van der Waals surface area contributed by atoms with Gasteiger partial charge in [-0.1, -0.05) is 64.5 Å². The molecule has 134 valence electrons. The van der Waals surface area contributed by atoms with Gasteiger partial charge in [0.25, 0.3) is 0 Å². The molecule has 1 nitrogen and oxygen atoms in total. The summed E-state index contributed by atoms with van der Waals surface area (Å²) in [5, 5.41) is 8.78. The van der Waals surface area contributed by atoms with Gasteiger partial charge in [0.15, 0.2) is 0 Å². The molecule has 1 unspecified atom stereocenters. The molecule has 0 radical (unpaired) electrons. The Labute approximate surface area is 154 Å². The number of benzene rings is 1.